The smallest absolute Gasteiger partial charge is 0.264 e. The van der Waals surface area contributed by atoms with E-state index in [-0.39, 0.29) is 53.9 Å². The standard InChI is InChI=1S/C35H38N6O7S/c1-20-29(34-10-11-35(36,18-34)19-34)40-33(49-20)39-27(43)17-21-4-2-5-22(16-21)48-15-14-47-13-12-37-24-7-3-6-23-28(24)32(46)41(31(23)45)25-8-9-26(42)38-30(25)44/h2-7,16,25,37H,8-15,17-19,36H2,1H3,(H,38,42,44)(H,39,40,43). The molecule has 3 aliphatic carbocycles. The number of amides is 5. The van der Waals surface area contributed by atoms with Gasteiger partial charge in [-0.25, -0.2) is 4.98 Å². The Hall–Kier alpha value is -4.66. The van der Waals surface area contributed by atoms with E-state index in [1.165, 1.54) is 11.3 Å². The van der Waals surface area contributed by atoms with Crippen molar-refractivity contribution in [3.05, 3.63) is 69.7 Å². The molecule has 8 rings (SSSR count). The summed E-state index contributed by atoms with van der Waals surface area (Å²) in [5, 5.41) is 8.94. The van der Waals surface area contributed by atoms with Gasteiger partial charge in [0.1, 0.15) is 18.4 Å². The Labute approximate surface area is 286 Å². The SMILES string of the molecule is Cc1sc(NC(=O)Cc2cccc(OCCOCCNc3cccc4c3C(=O)N(C3CCC(=O)NC3=O)C4=O)c2)nc1C12CCC(N)(C1)C2. The number of ether oxygens (including phenoxy) is 2. The first-order valence-electron chi connectivity index (χ1n) is 16.5. The molecule has 13 nitrogen and oxygen atoms in total. The summed E-state index contributed by atoms with van der Waals surface area (Å²) in [4.78, 5) is 69.9. The van der Waals surface area contributed by atoms with Crippen molar-refractivity contribution in [3.8, 4) is 5.75 Å². The molecule has 3 aromatic rings. The summed E-state index contributed by atoms with van der Waals surface area (Å²) in [5.41, 5.74) is 9.21. The summed E-state index contributed by atoms with van der Waals surface area (Å²) < 4.78 is 11.5. The van der Waals surface area contributed by atoms with E-state index in [4.69, 9.17) is 20.2 Å². The zero-order valence-corrected chi connectivity index (χ0v) is 28.0. The van der Waals surface area contributed by atoms with Gasteiger partial charge in [0.15, 0.2) is 5.13 Å². The van der Waals surface area contributed by atoms with Gasteiger partial charge >= 0.3 is 0 Å². The van der Waals surface area contributed by atoms with Gasteiger partial charge in [0.05, 0.1) is 36.5 Å². The molecule has 0 spiro atoms. The van der Waals surface area contributed by atoms with Gasteiger partial charge in [-0.1, -0.05) is 18.2 Å². The number of hydrogen-bond acceptors (Lipinski definition) is 11. The fraction of sp³-hybridized carbons (Fsp3) is 0.429. The minimum absolute atomic E-state index is 0.0302. The molecule has 3 heterocycles. The first kappa shape index (κ1) is 32.9. The number of rotatable bonds is 13. The van der Waals surface area contributed by atoms with Crippen LogP contribution in [0.25, 0.3) is 0 Å². The Balaban J connectivity index is 0.840. The number of anilines is 2. The number of imide groups is 2. The average molecular weight is 687 g/mol. The lowest BCUT2D eigenvalue weighted by Crippen LogP contribution is -2.54. The molecule has 5 N–H and O–H groups in total. The number of carbonyl (C=O) groups excluding carboxylic acids is 5. The maximum atomic E-state index is 13.2. The highest BCUT2D eigenvalue weighted by Gasteiger charge is 2.60. The molecular weight excluding hydrogens is 648 g/mol. The van der Waals surface area contributed by atoms with Gasteiger partial charge in [-0.3, -0.25) is 34.2 Å². The molecule has 49 heavy (non-hydrogen) atoms. The first-order chi connectivity index (χ1) is 23.5. The van der Waals surface area contributed by atoms with Crippen molar-refractivity contribution in [1.29, 1.82) is 0 Å². The summed E-state index contributed by atoms with van der Waals surface area (Å²) in [6, 6.07) is 11.3. The molecule has 14 heteroatoms. The van der Waals surface area contributed by atoms with E-state index < -0.39 is 29.7 Å². The Morgan fingerprint density at radius 3 is 2.67 bits per heavy atom. The number of nitrogens with one attached hydrogen (secondary N) is 3. The van der Waals surface area contributed by atoms with Crippen LogP contribution in [0.5, 0.6) is 5.75 Å². The van der Waals surface area contributed by atoms with E-state index in [1.54, 1.807) is 18.2 Å². The molecule has 3 saturated carbocycles. The highest BCUT2D eigenvalue weighted by atomic mass is 32.1. The fourth-order valence-corrected chi connectivity index (χ4v) is 8.65. The molecule has 5 amide bonds. The monoisotopic (exact) mass is 686 g/mol. The Bertz CT molecular complexity index is 1850. The van der Waals surface area contributed by atoms with Gasteiger partial charge in [-0.2, -0.15) is 0 Å². The Morgan fingerprint density at radius 2 is 1.90 bits per heavy atom. The van der Waals surface area contributed by atoms with E-state index in [1.807, 2.05) is 24.3 Å². The van der Waals surface area contributed by atoms with Crippen LogP contribution in [0.15, 0.2) is 42.5 Å². The van der Waals surface area contributed by atoms with Crippen LogP contribution in [0.3, 0.4) is 0 Å². The van der Waals surface area contributed by atoms with Crippen molar-refractivity contribution in [2.24, 2.45) is 5.73 Å². The maximum absolute atomic E-state index is 13.2. The normalized spacial score (nSPS) is 24.0. The largest absolute Gasteiger partial charge is 0.491 e. The Morgan fingerprint density at radius 1 is 1.08 bits per heavy atom. The topological polar surface area (TPSA) is 182 Å². The molecule has 2 bridgehead atoms. The number of fused-ring (bicyclic) bond motifs is 2. The third-order valence-corrected chi connectivity index (χ3v) is 10.7. The van der Waals surface area contributed by atoms with Gasteiger partial charge in [0.2, 0.25) is 17.7 Å². The van der Waals surface area contributed by atoms with Gasteiger partial charge in [0.25, 0.3) is 11.8 Å². The summed E-state index contributed by atoms with van der Waals surface area (Å²) in [7, 11) is 0. The van der Waals surface area contributed by atoms with E-state index >= 15 is 0 Å². The predicted octanol–water partition coefficient (Wildman–Crippen LogP) is 3.06. The van der Waals surface area contributed by atoms with Gasteiger partial charge in [-0.05, 0) is 68.9 Å². The van der Waals surface area contributed by atoms with Crippen LogP contribution < -0.4 is 26.4 Å². The fourth-order valence-electron chi connectivity index (χ4n) is 7.70. The van der Waals surface area contributed by atoms with E-state index in [0.29, 0.717) is 36.3 Å². The van der Waals surface area contributed by atoms with Crippen molar-refractivity contribution < 1.29 is 33.4 Å². The quantitative estimate of drug-likeness (QED) is 0.154. The van der Waals surface area contributed by atoms with Crippen molar-refractivity contribution in [1.82, 2.24) is 15.2 Å². The molecule has 1 saturated heterocycles. The third-order valence-electron chi connectivity index (χ3n) is 9.82. The second kappa shape index (κ2) is 13.0. The minimum Gasteiger partial charge on any atom is -0.491 e. The van der Waals surface area contributed by atoms with E-state index in [9.17, 15) is 24.0 Å². The van der Waals surface area contributed by atoms with Crippen LogP contribution >= 0.6 is 11.3 Å². The lowest BCUT2D eigenvalue weighted by Gasteiger charge is -2.44. The van der Waals surface area contributed by atoms with Crippen LogP contribution in [0.1, 0.15) is 75.4 Å². The zero-order valence-electron chi connectivity index (χ0n) is 27.1. The zero-order chi connectivity index (χ0) is 34.3. The highest BCUT2D eigenvalue weighted by Crippen LogP contribution is 2.61. The summed E-state index contributed by atoms with van der Waals surface area (Å²) >= 11 is 1.51. The molecule has 2 aromatic carbocycles. The number of nitrogens with two attached hydrogens (primary N) is 1. The van der Waals surface area contributed by atoms with Crippen LogP contribution in [0, 0.1) is 6.92 Å². The van der Waals surface area contributed by atoms with Gasteiger partial charge in [-0.15, -0.1) is 11.3 Å². The number of nitrogens with zero attached hydrogens (tertiary/aromatic N) is 2. The van der Waals surface area contributed by atoms with Crippen molar-refractivity contribution in [2.45, 2.75) is 68.9 Å². The number of piperidine rings is 1. The van der Waals surface area contributed by atoms with E-state index in [2.05, 4.69) is 22.9 Å². The maximum Gasteiger partial charge on any atom is 0.264 e. The molecule has 4 fully saturated rings. The van der Waals surface area contributed by atoms with E-state index in [0.717, 1.165) is 46.7 Å². The number of carbonyl (C=O) groups is 5. The second-order valence-electron chi connectivity index (χ2n) is 13.4. The number of thiazole rings is 1. The van der Waals surface area contributed by atoms with Crippen LogP contribution in [-0.4, -0.2) is 77.4 Å². The molecule has 1 unspecified atom stereocenters. The van der Waals surface area contributed by atoms with Gasteiger partial charge in [0, 0.05) is 34.5 Å². The molecule has 5 aliphatic rings. The summed E-state index contributed by atoms with van der Waals surface area (Å²) in [5.74, 6) is -1.71. The molecular formula is C35H38N6O7S. The number of hydrogen-bond donors (Lipinski definition) is 4. The molecule has 1 atom stereocenters. The van der Waals surface area contributed by atoms with Crippen molar-refractivity contribution in [2.75, 3.05) is 37.0 Å². The van der Waals surface area contributed by atoms with Crippen molar-refractivity contribution >= 4 is 51.7 Å². The van der Waals surface area contributed by atoms with Crippen LogP contribution in [0.4, 0.5) is 10.8 Å². The second-order valence-corrected chi connectivity index (χ2v) is 14.6. The number of benzene rings is 2. The lowest BCUT2D eigenvalue weighted by atomic mass is 9.63. The molecule has 2 aliphatic heterocycles. The molecule has 0 radical (unpaired) electrons. The Kier molecular flexibility index (Phi) is 8.71. The molecule has 256 valence electrons. The van der Waals surface area contributed by atoms with Gasteiger partial charge < -0.3 is 25.8 Å². The number of aryl methyl sites for hydroxylation is 1. The first-order valence-corrected chi connectivity index (χ1v) is 17.3. The van der Waals surface area contributed by atoms with Crippen LogP contribution in [0.2, 0.25) is 0 Å². The van der Waals surface area contributed by atoms with Crippen LogP contribution in [-0.2, 0) is 31.0 Å². The highest BCUT2D eigenvalue weighted by molar-refractivity contribution is 7.15. The average Bonchev–Trinajstić information content (AvgIpc) is 3.76. The summed E-state index contributed by atoms with van der Waals surface area (Å²) in [6.45, 7) is 3.32. The number of aromatic nitrogens is 1. The minimum atomic E-state index is -1.02. The molecule has 1 aromatic heterocycles. The lowest BCUT2D eigenvalue weighted by molar-refractivity contribution is -0.136. The summed E-state index contributed by atoms with van der Waals surface area (Å²) in [6.07, 6.45) is 4.39. The van der Waals surface area contributed by atoms with Crippen molar-refractivity contribution in [3.63, 3.8) is 0 Å². The third kappa shape index (κ3) is 6.43. The predicted molar refractivity (Wildman–Crippen MR) is 181 cm³/mol.